The fourth-order valence-corrected chi connectivity index (χ4v) is 3.72. The molecule has 0 aromatic heterocycles. The van der Waals surface area contributed by atoms with Gasteiger partial charge >= 0.3 is 0 Å². The van der Waals surface area contributed by atoms with Crippen LogP contribution in [0.2, 0.25) is 0 Å². The second kappa shape index (κ2) is 8.15. The minimum Gasteiger partial charge on any atom is -0.208 e. The zero-order valence-electron chi connectivity index (χ0n) is 11.2. The first-order valence-electron chi connectivity index (χ1n) is 6.15. The van der Waals surface area contributed by atoms with E-state index in [1.807, 2.05) is 25.3 Å². The summed E-state index contributed by atoms with van der Waals surface area (Å²) in [5.41, 5.74) is 1.05. The Morgan fingerprint density at radius 3 is 2.47 bits per heavy atom. The van der Waals surface area contributed by atoms with E-state index in [1.165, 1.54) is 0 Å². The largest absolute Gasteiger partial charge is 0.240 e. The van der Waals surface area contributed by atoms with Crippen LogP contribution in [0.15, 0.2) is 29.2 Å². The van der Waals surface area contributed by atoms with Gasteiger partial charge in [-0.1, -0.05) is 12.1 Å². The molecule has 0 saturated heterocycles. The second-order valence-electron chi connectivity index (χ2n) is 4.39. The van der Waals surface area contributed by atoms with E-state index in [0.717, 1.165) is 24.2 Å². The summed E-state index contributed by atoms with van der Waals surface area (Å²) in [6.45, 7) is 1.88. The van der Waals surface area contributed by atoms with Crippen LogP contribution in [0.25, 0.3) is 0 Å². The summed E-state index contributed by atoms with van der Waals surface area (Å²) in [5.74, 6) is 1.48. The van der Waals surface area contributed by atoms with Gasteiger partial charge in [0.25, 0.3) is 0 Å². The minimum atomic E-state index is -3.41. The van der Waals surface area contributed by atoms with Gasteiger partial charge in [-0.15, -0.1) is 11.6 Å². The van der Waals surface area contributed by atoms with E-state index in [9.17, 15) is 8.42 Å². The number of hydrogen-bond acceptors (Lipinski definition) is 3. The first-order chi connectivity index (χ1) is 8.99. The van der Waals surface area contributed by atoms with Gasteiger partial charge in [0.15, 0.2) is 0 Å². The monoisotopic (exact) mass is 321 g/mol. The quantitative estimate of drug-likeness (QED) is 0.749. The Bertz CT molecular complexity index is 474. The maximum Gasteiger partial charge on any atom is 0.240 e. The van der Waals surface area contributed by atoms with E-state index in [-0.39, 0.29) is 6.04 Å². The molecule has 1 aromatic carbocycles. The lowest BCUT2D eigenvalue weighted by atomic mass is 10.2. The minimum absolute atomic E-state index is 0.0556. The van der Waals surface area contributed by atoms with Gasteiger partial charge in [0, 0.05) is 11.9 Å². The predicted molar refractivity (Wildman–Crippen MR) is 83.6 cm³/mol. The van der Waals surface area contributed by atoms with Gasteiger partial charge in [0.05, 0.1) is 4.90 Å². The zero-order chi connectivity index (χ0) is 14.3. The van der Waals surface area contributed by atoms with Crippen molar-refractivity contribution in [1.82, 2.24) is 4.72 Å². The maximum absolute atomic E-state index is 12.1. The number of nitrogens with one attached hydrogen (secondary N) is 1. The molecule has 0 bridgehead atoms. The van der Waals surface area contributed by atoms with Crippen LogP contribution in [0.1, 0.15) is 18.9 Å². The van der Waals surface area contributed by atoms with Crippen LogP contribution < -0.4 is 4.72 Å². The first kappa shape index (κ1) is 16.8. The Morgan fingerprint density at radius 1 is 1.32 bits per heavy atom. The molecule has 1 unspecified atom stereocenters. The Labute approximate surface area is 125 Å². The van der Waals surface area contributed by atoms with Crippen LogP contribution in [-0.4, -0.2) is 32.3 Å². The van der Waals surface area contributed by atoms with Crippen LogP contribution in [-0.2, 0) is 16.4 Å². The van der Waals surface area contributed by atoms with Gasteiger partial charge in [0.1, 0.15) is 0 Å². The first-order valence-corrected chi connectivity index (χ1v) is 9.57. The summed E-state index contributed by atoms with van der Waals surface area (Å²) < 4.78 is 27.0. The van der Waals surface area contributed by atoms with Gasteiger partial charge < -0.3 is 0 Å². The summed E-state index contributed by atoms with van der Waals surface area (Å²) >= 11 is 7.36. The van der Waals surface area contributed by atoms with Crippen molar-refractivity contribution in [3.63, 3.8) is 0 Å². The van der Waals surface area contributed by atoms with E-state index in [4.69, 9.17) is 11.6 Å². The van der Waals surface area contributed by atoms with E-state index >= 15 is 0 Å². The number of sulfonamides is 1. The summed E-state index contributed by atoms with van der Waals surface area (Å²) in [5, 5.41) is 0. The molecule has 1 aromatic rings. The highest BCUT2D eigenvalue weighted by Gasteiger charge is 2.16. The van der Waals surface area contributed by atoms with E-state index in [2.05, 4.69) is 4.72 Å². The van der Waals surface area contributed by atoms with Crippen LogP contribution in [0.3, 0.4) is 0 Å². The lowest BCUT2D eigenvalue weighted by Crippen LogP contribution is -2.33. The molecular formula is C13H20ClNO2S2. The standard InChI is InChI=1S/C13H20ClNO2S2/c1-11(8-10-18-2)15-19(16,17)13-5-3-12(4-6-13)7-9-14/h3-6,11,15H,7-10H2,1-2H3. The molecule has 19 heavy (non-hydrogen) atoms. The fraction of sp³-hybridized carbons (Fsp3) is 0.538. The molecule has 0 aliphatic rings. The third kappa shape index (κ3) is 5.73. The molecule has 0 amide bonds. The van der Waals surface area contributed by atoms with Crippen molar-refractivity contribution < 1.29 is 8.42 Å². The number of thioether (sulfide) groups is 1. The van der Waals surface area contributed by atoms with Gasteiger partial charge in [-0.25, -0.2) is 13.1 Å². The Kier molecular flexibility index (Phi) is 7.21. The average molecular weight is 322 g/mol. The maximum atomic E-state index is 12.1. The molecule has 108 valence electrons. The lowest BCUT2D eigenvalue weighted by molar-refractivity contribution is 0.557. The number of hydrogen-bond donors (Lipinski definition) is 1. The summed E-state index contributed by atoms with van der Waals surface area (Å²) in [6.07, 6.45) is 3.58. The van der Waals surface area contributed by atoms with Crippen molar-refractivity contribution >= 4 is 33.4 Å². The molecule has 0 aliphatic carbocycles. The lowest BCUT2D eigenvalue weighted by Gasteiger charge is -2.13. The zero-order valence-corrected chi connectivity index (χ0v) is 13.6. The van der Waals surface area contributed by atoms with Gasteiger partial charge in [0.2, 0.25) is 10.0 Å². The van der Waals surface area contributed by atoms with E-state index in [1.54, 1.807) is 23.9 Å². The molecule has 6 heteroatoms. The molecule has 3 nitrogen and oxygen atoms in total. The smallest absolute Gasteiger partial charge is 0.208 e. The molecule has 1 atom stereocenters. The normalized spacial score (nSPS) is 13.4. The highest BCUT2D eigenvalue weighted by atomic mass is 35.5. The molecule has 0 radical (unpaired) electrons. The van der Waals surface area contributed by atoms with Crippen LogP contribution in [0.4, 0.5) is 0 Å². The predicted octanol–water partition coefficient (Wildman–Crippen LogP) is 2.89. The molecule has 0 fully saturated rings. The number of benzene rings is 1. The van der Waals surface area contributed by atoms with Crippen molar-refractivity contribution in [2.45, 2.75) is 30.7 Å². The van der Waals surface area contributed by atoms with Crippen molar-refractivity contribution in [2.24, 2.45) is 0 Å². The van der Waals surface area contributed by atoms with Gasteiger partial charge in [-0.3, -0.25) is 0 Å². The van der Waals surface area contributed by atoms with Crippen LogP contribution in [0, 0.1) is 0 Å². The SMILES string of the molecule is CSCCC(C)NS(=O)(=O)c1ccc(CCCl)cc1. The molecule has 1 rings (SSSR count). The van der Waals surface area contributed by atoms with Crippen molar-refractivity contribution in [3.8, 4) is 0 Å². The number of halogens is 1. The third-order valence-electron chi connectivity index (χ3n) is 2.73. The highest BCUT2D eigenvalue weighted by Crippen LogP contribution is 2.13. The molecule has 0 spiro atoms. The molecule has 1 N–H and O–H groups in total. The number of alkyl halides is 1. The van der Waals surface area contributed by atoms with Crippen LogP contribution in [0.5, 0.6) is 0 Å². The molecule has 0 aliphatic heterocycles. The second-order valence-corrected chi connectivity index (χ2v) is 7.46. The van der Waals surface area contributed by atoms with Crippen molar-refractivity contribution in [1.29, 1.82) is 0 Å². The molecule has 0 saturated carbocycles. The highest BCUT2D eigenvalue weighted by molar-refractivity contribution is 7.98. The fourth-order valence-electron chi connectivity index (χ4n) is 1.63. The van der Waals surface area contributed by atoms with Crippen LogP contribution >= 0.6 is 23.4 Å². The topological polar surface area (TPSA) is 46.2 Å². The van der Waals surface area contributed by atoms with E-state index < -0.39 is 10.0 Å². The number of aryl methyl sites for hydroxylation is 1. The van der Waals surface area contributed by atoms with Gasteiger partial charge in [-0.2, -0.15) is 11.8 Å². The average Bonchev–Trinajstić information content (AvgIpc) is 2.37. The van der Waals surface area contributed by atoms with Crippen molar-refractivity contribution in [2.75, 3.05) is 17.9 Å². The van der Waals surface area contributed by atoms with E-state index in [0.29, 0.717) is 10.8 Å². The van der Waals surface area contributed by atoms with Gasteiger partial charge in [-0.05, 0) is 49.5 Å². The van der Waals surface area contributed by atoms with Crippen molar-refractivity contribution in [3.05, 3.63) is 29.8 Å². The molecule has 0 heterocycles. The summed E-state index contributed by atoms with van der Waals surface area (Å²) in [4.78, 5) is 0.307. The Morgan fingerprint density at radius 2 is 1.95 bits per heavy atom. The number of rotatable bonds is 8. The Balaban J connectivity index is 2.71. The third-order valence-corrected chi connectivity index (χ3v) is 5.17. The Hall–Kier alpha value is -0.230. The molecular weight excluding hydrogens is 302 g/mol. The summed E-state index contributed by atoms with van der Waals surface area (Å²) in [7, 11) is -3.41. The summed E-state index contributed by atoms with van der Waals surface area (Å²) in [6, 6.07) is 6.82.